The van der Waals surface area contributed by atoms with Gasteiger partial charge in [0.25, 0.3) is 0 Å². The Morgan fingerprint density at radius 2 is 2.25 bits per heavy atom. The van der Waals surface area contributed by atoms with Crippen LogP contribution in [0.5, 0.6) is 0 Å². The summed E-state index contributed by atoms with van der Waals surface area (Å²) in [5.41, 5.74) is 8.13. The van der Waals surface area contributed by atoms with Crippen LogP contribution in [0, 0.1) is 11.3 Å². The summed E-state index contributed by atoms with van der Waals surface area (Å²) >= 11 is 0. The summed E-state index contributed by atoms with van der Waals surface area (Å²) in [6, 6.07) is 2.79. The molecule has 0 aromatic carbocycles. The highest BCUT2D eigenvalue weighted by Gasteiger charge is 2.28. The smallest absolute Gasteiger partial charge is 0.101 e. The van der Waals surface area contributed by atoms with Crippen molar-refractivity contribution < 1.29 is 0 Å². The van der Waals surface area contributed by atoms with Gasteiger partial charge in [0, 0.05) is 24.2 Å². The van der Waals surface area contributed by atoms with Crippen molar-refractivity contribution in [2.45, 2.75) is 45.2 Å². The topological polar surface area (TPSA) is 53.1 Å². The van der Waals surface area contributed by atoms with E-state index < -0.39 is 0 Å². The first-order valence-corrected chi connectivity index (χ1v) is 5.82. The predicted molar refractivity (Wildman–Crippen MR) is 66.5 cm³/mol. The Balaban J connectivity index is 3.06. The van der Waals surface area contributed by atoms with E-state index in [0.29, 0.717) is 17.3 Å². The molecule has 1 heterocycles. The van der Waals surface area contributed by atoms with Crippen LogP contribution < -0.4 is 5.73 Å². The third-order valence-electron chi connectivity index (χ3n) is 3.52. The van der Waals surface area contributed by atoms with Gasteiger partial charge in [-0.1, -0.05) is 19.9 Å². The van der Waals surface area contributed by atoms with E-state index in [4.69, 9.17) is 11.0 Å². The minimum Gasteiger partial charge on any atom is -0.401 e. The van der Waals surface area contributed by atoms with E-state index in [-0.39, 0.29) is 6.04 Å². The molecule has 1 unspecified atom stereocenters. The summed E-state index contributed by atoms with van der Waals surface area (Å²) in [4.78, 5) is 2.28. The van der Waals surface area contributed by atoms with Gasteiger partial charge in [0.05, 0.1) is 5.57 Å². The maximum Gasteiger partial charge on any atom is 0.101 e. The van der Waals surface area contributed by atoms with Crippen molar-refractivity contribution in [1.82, 2.24) is 4.90 Å². The van der Waals surface area contributed by atoms with Gasteiger partial charge in [-0.2, -0.15) is 5.26 Å². The maximum atomic E-state index is 9.11. The van der Waals surface area contributed by atoms with Crippen LogP contribution in [0.3, 0.4) is 0 Å². The minimum atomic E-state index is 0.187. The fraction of sp³-hybridized carbons (Fsp3) is 0.615. The van der Waals surface area contributed by atoms with Crippen molar-refractivity contribution in [3.63, 3.8) is 0 Å². The normalized spacial score (nSPS) is 27.8. The van der Waals surface area contributed by atoms with Gasteiger partial charge in [0.2, 0.25) is 0 Å². The Morgan fingerprint density at radius 1 is 1.62 bits per heavy atom. The van der Waals surface area contributed by atoms with Crippen molar-refractivity contribution in [3.8, 4) is 6.07 Å². The molecule has 0 amide bonds. The molecule has 3 heteroatoms. The fourth-order valence-corrected chi connectivity index (χ4v) is 2.26. The van der Waals surface area contributed by atoms with Crippen LogP contribution in [0.1, 0.15) is 33.1 Å². The standard InChI is InChI=1S/C13H21N3/c1-5-6-11-7-13(15)12(8-14)9(2)10(3)16(11)4/h10-11H,2,5-7,15H2,1,3-4H3/t10?,11-/m1/s1. The Bertz CT molecular complexity index is 349. The summed E-state index contributed by atoms with van der Waals surface area (Å²) < 4.78 is 0. The molecule has 1 rings (SSSR count). The molecule has 0 aromatic rings. The number of nitrogens with zero attached hydrogens (tertiary/aromatic N) is 2. The van der Waals surface area contributed by atoms with Gasteiger partial charge in [0.1, 0.15) is 6.07 Å². The van der Waals surface area contributed by atoms with Crippen molar-refractivity contribution in [3.05, 3.63) is 23.4 Å². The molecule has 0 saturated heterocycles. The van der Waals surface area contributed by atoms with E-state index in [2.05, 4.69) is 38.4 Å². The molecule has 16 heavy (non-hydrogen) atoms. The first-order valence-electron chi connectivity index (χ1n) is 5.82. The molecule has 0 saturated carbocycles. The molecular formula is C13H21N3. The van der Waals surface area contributed by atoms with Crippen LogP contribution in [0.25, 0.3) is 0 Å². The minimum absolute atomic E-state index is 0.187. The van der Waals surface area contributed by atoms with Crippen molar-refractivity contribution in [2.24, 2.45) is 5.73 Å². The monoisotopic (exact) mass is 219 g/mol. The van der Waals surface area contributed by atoms with E-state index in [1.54, 1.807) is 0 Å². The van der Waals surface area contributed by atoms with Crippen molar-refractivity contribution >= 4 is 0 Å². The molecule has 0 aromatic heterocycles. The SMILES string of the molecule is C=C1C(C#N)=C(N)C[C@@H](CCC)N(C)C1C. The van der Waals surface area contributed by atoms with Gasteiger partial charge in [-0.05, 0) is 26.0 Å². The number of hydrogen-bond donors (Lipinski definition) is 1. The molecule has 0 aliphatic carbocycles. The fourth-order valence-electron chi connectivity index (χ4n) is 2.26. The zero-order valence-corrected chi connectivity index (χ0v) is 10.5. The quantitative estimate of drug-likeness (QED) is 0.774. The van der Waals surface area contributed by atoms with Crippen LogP contribution in [0.4, 0.5) is 0 Å². The molecule has 1 aliphatic rings. The van der Waals surface area contributed by atoms with Gasteiger partial charge < -0.3 is 5.73 Å². The summed E-state index contributed by atoms with van der Waals surface area (Å²) in [6.45, 7) is 8.26. The average Bonchev–Trinajstić information content (AvgIpc) is 2.32. The first kappa shape index (κ1) is 12.8. The van der Waals surface area contributed by atoms with Gasteiger partial charge in [-0.3, -0.25) is 4.90 Å². The van der Waals surface area contributed by atoms with Gasteiger partial charge >= 0.3 is 0 Å². The summed E-state index contributed by atoms with van der Waals surface area (Å²) in [7, 11) is 2.09. The Morgan fingerprint density at radius 3 is 2.75 bits per heavy atom. The molecule has 0 radical (unpaired) electrons. The largest absolute Gasteiger partial charge is 0.401 e. The van der Waals surface area contributed by atoms with Crippen LogP contribution in [0.2, 0.25) is 0 Å². The molecule has 1 aliphatic heterocycles. The lowest BCUT2D eigenvalue weighted by atomic mass is 10.0. The Kier molecular flexibility index (Phi) is 4.14. The van der Waals surface area contributed by atoms with E-state index >= 15 is 0 Å². The van der Waals surface area contributed by atoms with E-state index in [1.165, 1.54) is 0 Å². The number of nitrogens with two attached hydrogens (primary N) is 1. The third kappa shape index (κ3) is 2.28. The average molecular weight is 219 g/mol. The molecule has 2 N–H and O–H groups in total. The highest BCUT2D eigenvalue weighted by molar-refractivity contribution is 5.47. The van der Waals surface area contributed by atoms with E-state index in [1.807, 2.05) is 0 Å². The molecular weight excluding hydrogens is 198 g/mol. The lowest BCUT2D eigenvalue weighted by Gasteiger charge is -2.31. The maximum absolute atomic E-state index is 9.11. The molecule has 0 bridgehead atoms. The Hall–Kier alpha value is -1.27. The molecule has 3 nitrogen and oxygen atoms in total. The van der Waals surface area contributed by atoms with Gasteiger partial charge in [-0.25, -0.2) is 0 Å². The summed E-state index contributed by atoms with van der Waals surface area (Å²) in [5, 5.41) is 9.11. The number of nitriles is 1. The lowest BCUT2D eigenvalue weighted by molar-refractivity contribution is 0.199. The second-order valence-electron chi connectivity index (χ2n) is 4.53. The molecule has 0 fully saturated rings. The molecule has 88 valence electrons. The number of rotatable bonds is 2. The van der Waals surface area contributed by atoms with Crippen LogP contribution in [-0.4, -0.2) is 24.0 Å². The van der Waals surface area contributed by atoms with E-state index in [9.17, 15) is 0 Å². The zero-order chi connectivity index (χ0) is 12.3. The number of likely N-dealkylation sites (N-methyl/N-ethyl adjacent to an activating group) is 1. The van der Waals surface area contributed by atoms with Crippen LogP contribution >= 0.6 is 0 Å². The van der Waals surface area contributed by atoms with Gasteiger partial charge in [-0.15, -0.1) is 0 Å². The third-order valence-corrected chi connectivity index (χ3v) is 3.52. The van der Waals surface area contributed by atoms with Crippen molar-refractivity contribution in [1.29, 1.82) is 5.26 Å². The summed E-state index contributed by atoms with van der Waals surface area (Å²) in [5.74, 6) is 0. The Labute approximate surface area is 98.2 Å². The van der Waals surface area contributed by atoms with Crippen LogP contribution in [-0.2, 0) is 0 Å². The second-order valence-corrected chi connectivity index (χ2v) is 4.53. The second kappa shape index (κ2) is 5.18. The molecule has 2 atom stereocenters. The highest BCUT2D eigenvalue weighted by atomic mass is 15.2. The van der Waals surface area contributed by atoms with Gasteiger partial charge in [0.15, 0.2) is 0 Å². The predicted octanol–water partition coefficient (Wildman–Crippen LogP) is 2.17. The lowest BCUT2D eigenvalue weighted by Crippen LogP contribution is -2.38. The highest BCUT2D eigenvalue weighted by Crippen LogP contribution is 2.28. The van der Waals surface area contributed by atoms with Crippen LogP contribution in [0.15, 0.2) is 23.4 Å². The first-order chi connectivity index (χ1) is 7.52. The van der Waals surface area contributed by atoms with Crippen molar-refractivity contribution in [2.75, 3.05) is 7.05 Å². The zero-order valence-electron chi connectivity index (χ0n) is 10.5. The summed E-state index contributed by atoms with van der Waals surface area (Å²) in [6.07, 6.45) is 3.01. The van der Waals surface area contributed by atoms with E-state index in [0.717, 1.165) is 24.8 Å². The number of hydrogen-bond acceptors (Lipinski definition) is 3. The molecule has 0 spiro atoms.